The Balaban J connectivity index is 1.36. The molecule has 0 atom stereocenters. The van der Waals surface area contributed by atoms with Gasteiger partial charge in [-0.25, -0.2) is 15.1 Å². The van der Waals surface area contributed by atoms with Crippen molar-refractivity contribution in [1.82, 2.24) is 20.6 Å². The number of fused-ring (bicyclic) bond motifs is 2. The van der Waals surface area contributed by atoms with Crippen molar-refractivity contribution in [2.45, 2.75) is 6.29 Å². The van der Waals surface area contributed by atoms with Crippen molar-refractivity contribution < 1.29 is 23.0 Å². The van der Waals surface area contributed by atoms with E-state index in [2.05, 4.69) is 35.4 Å². The highest BCUT2D eigenvalue weighted by Gasteiger charge is 2.43. The number of anilines is 2. The number of imidazole rings is 1. The zero-order valence-electron chi connectivity index (χ0n) is 14.8. The molecule has 12 heteroatoms. The number of aromatic amines is 1. The smallest absolute Gasteiger partial charge is 0.395 e. The average molecular weight is 401 g/mol. The van der Waals surface area contributed by atoms with Gasteiger partial charge in [0.25, 0.3) is 5.91 Å². The Hall–Kier alpha value is -3.93. The van der Waals surface area contributed by atoms with Gasteiger partial charge in [0.1, 0.15) is 6.34 Å². The molecular formula is C17H13F2N7O3. The molecule has 3 N–H and O–H groups in total. The molecule has 5 rings (SSSR count). The molecule has 0 bridgehead atoms. The Morgan fingerprint density at radius 2 is 2.00 bits per heavy atom. The van der Waals surface area contributed by atoms with Gasteiger partial charge in [0.05, 0.1) is 16.7 Å². The highest BCUT2D eigenvalue weighted by atomic mass is 19.3. The lowest BCUT2D eigenvalue weighted by atomic mass is 10.2. The van der Waals surface area contributed by atoms with Gasteiger partial charge in [0.15, 0.2) is 11.5 Å². The second-order valence-corrected chi connectivity index (χ2v) is 6.30. The number of hydrogen-bond acceptors (Lipinski definition) is 8. The molecular weight excluding hydrogens is 388 g/mol. The Morgan fingerprint density at radius 3 is 2.76 bits per heavy atom. The van der Waals surface area contributed by atoms with Crippen LogP contribution in [0.25, 0.3) is 11.0 Å². The fraction of sp³-hybridized carbons (Fsp3) is 0.118. The minimum absolute atomic E-state index is 0.110. The summed E-state index contributed by atoms with van der Waals surface area (Å²) in [5, 5.41) is 9.85. The number of aromatic nitrogens is 2. The first-order valence-electron chi connectivity index (χ1n) is 8.41. The van der Waals surface area contributed by atoms with Gasteiger partial charge in [0, 0.05) is 24.7 Å². The molecule has 3 heterocycles. The van der Waals surface area contributed by atoms with Crippen LogP contribution in [0, 0.1) is 0 Å². The van der Waals surface area contributed by atoms with Gasteiger partial charge < -0.3 is 14.5 Å². The Labute approximate surface area is 161 Å². The van der Waals surface area contributed by atoms with E-state index in [-0.39, 0.29) is 17.4 Å². The van der Waals surface area contributed by atoms with Gasteiger partial charge in [-0.2, -0.15) is 0 Å². The Kier molecular flexibility index (Phi) is 3.58. The molecule has 2 aromatic carbocycles. The van der Waals surface area contributed by atoms with Crippen LogP contribution in [-0.4, -0.2) is 40.7 Å². The van der Waals surface area contributed by atoms with Crippen LogP contribution >= 0.6 is 0 Å². The van der Waals surface area contributed by atoms with E-state index in [1.165, 1.54) is 17.3 Å². The number of alkyl halides is 2. The second kappa shape index (κ2) is 6.04. The molecule has 29 heavy (non-hydrogen) atoms. The molecule has 0 spiro atoms. The van der Waals surface area contributed by atoms with E-state index in [0.29, 0.717) is 22.3 Å². The summed E-state index contributed by atoms with van der Waals surface area (Å²) >= 11 is 0. The van der Waals surface area contributed by atoms with Crippen molar-refractivity contribution in [3.8, 4) is 11.5 Å². The first kappa shape index (κ1) is 17.2. The van der Waals surface area contributed by atoms with Crippen molar-refractivity contribution in [3.05, 3.63) is 42.0 Å². The summed E-state index contributed by atoms with van der Waals surface area (Å²) in [6, 6.07) is 9.52. The number of carbonyl (C=O) groups excluding carboxylic acids is 1. The van der Waals surface area contributed by atoms with Crippen LogP contribution in [0.4, 0.5) is 20.4 Å². The van der Waals surface area contributed by atoms with Gasteiger partial charge in [-0.3, -0.25) is 10.1 Å². The van der Waals surface area contributed by atoms with E-state index in [0.717, 1.165) is 0 Å². The Bertz CT molecular complexity index is 1120. The predicted molar refractivity (Wildman–Crippen MR) is 98.6 cm³/mol. The largest absolute Gasteiger partial charge is 0.586 e. The van der Waals surface area contributed by atoms with Crippen molar-refractivity contribution in [2.24, 2.45) is 5.10 Å². The second-order valence-electron chi connectivity index (χ2n) is 6.30. The quantitative estimate of drug-likeness (QED) is 0.618. The van der Waals surface area contributed by atoms with Crippen LogP contribution < -0.4 is 25.3 Å². The van der Waals surface area contributed by atoms with Gasteiger partial charge in [-0.15, -0.1) is 19.4 Å². The maximum Gasteiger partial charge on any atom is 0.586 e. The SMILES string of the molecule is CN1N=CN(c2cccc(C(=O)Nc3nc4cc5c(cc4[nH]3)OC(F)(F)O5)c2)N1. The van der Waals surface area contributed by atoms with Crippen LogP contribution in [-0.2, 0) is 0 Å². The number of hydrogen-bond donors (Lipinski definition) is 3. The predicted octanol–water partition coefficient (Wildman–Crippen LogP) is 2.25. The number of amides is 1. The van der Waals surface area contributed by atoms with E-state index in [1.807, 2.05) is 6.07 Å². The zero-order chi connectivity index (χ0) is 20.2. The third-order valence-corrected chi connectivity index (χ3v) is 4.22. The topological polar surface area (TPSA) is 107 Å². The number of nitrogens with zero attached hydrogens (tertiary/aromatic N) is 4. The Morgan fingerprint density at radius 1 is 1.21 bits per heavy atom. The van der Waals surface area contributed by atoms with E-state index >= 15 is 0 Å². The lowest BCUT2D eigenvalue weighted by molar-refractivity contribution is -0.286. The number of carbonyl (C=O) groups is 1. The van der Waals surface area contributed by atoms with Crippen molar-refractivity contribution >= 4 is 34.9 Å². The summed E-state index contributed by atoms with van der Waals surface area (Å²) in [5.41, 5.74) is 4.80. The zero-order valence-corrected chi connectivity index (χ0v) is 14.8. The van der Waals surface area contributed by atoms with Crippen molar-refractivity contribution in [3.63, 3.8) is 0 Å². The van der Waals surface area contributed by atoms with Crippen LogP contribution in [0.3, 0.4) is 0 Å². The summed E-state index contributed by atoms with van der Waals surface area (Å²) in [6.45, 7) is 0. The summed E-state index contributed by atoms with van der Waals surface area (Å²) in [4.78, 5) is 19.7. The highest BCUT2D eigenvalue weighted by molar-refractivity contribution is 6.04. The maximum absolute atomic E-state index is 13.1. The molecule has 1 aromatic heterocycles. The van der Waals surface area contributed by atoms with Crippen molar-refractivity contribution in [1.29, 1.82) is 0 Å². The van der Waals surface area contributed by atoms with Crippen LogP contribution in [0.15, 0.2) is 41.5 Å². The fourth-order valence-electron chi connectivity index (χ4n) is 2.95. The summed E-state index contributed by atoms with van der Waals surface area (Å²) < 4.78 is 35.1. The average Bonchev–Trinajstić information content (AvgIpc) is 3.34. The molecule has 0 fully saturated rings. The van der Waals surface area contributed by atoms with E-state index in [4.69, 9.17) is 0 Å². The number of hydrazine groups is 2. The molecule has 148 valence electrons. The van der Waals surface area contributed by atoms with Gasteiger partial charge in [0.2, 0.25) is 5.95 Å². The van der Waals surface area contributed by atoms with E-state index < -0.39 is 12.2 Å². The molecule has 3 aromatic rings. The molecule has 0 saturated carbocycles. The molecule has 0 saturated heterocycles. The number of H-pyrrole nitrogens is 1. The summed E-state index contributed by atoms with van der Waals surface area (Å²) in [5.74, 6) is -0.473. The fourth-order valence-corrected chi connectivity index (χ4v) is 2.95. The standard InChI is InChI=1S/C17H13F2N7O3/c1-25-20-8-26(24-25)10-4-2-3-9(5-10)15(27)23-16-21-11-6-13-14(7-12(11)22-16)29-17(18,19)28-13/h2-8,24H,1H3,(H2,21,22,23,27). The third-order valence-electron chi connectivity index (χ3n) is 4.22. The van der Waals surface area contributed by atoms with Crippen LogP contribution in [0.2, 0.25) is 0 Å². The van der Waals surface area contributed by atoms with Crippen LogP contribution in [0.1, 0.15) is 10.4 Å². The number of hydrazone groups is 1. The number of rotatable bonds is 3. The minimum atomic E-state index is -3.70. The lowest BCUT2D eigenvalue weighted by Crippen LogP contribution is -2.38. The third kappa shape index (κ3) is 3.14. The van der Waals surface area contributed by atoms with Gasteiger partial charge in [-0.05, 0) is 18.2 Å². The number of halogens is 2. The molecule has 0 unspecified atom stereocenters. The molecule has 1 amide bonds. The van der Waals surface area contributed by atoms with E-state index in [1.54, 1.807) is 36.6 Å². The van der Waals surface area contributed by atoms with E-state index in [9.17, 15) is 13.6 Å². The number of ether oxygens (including phenoxy) is 2. The van der Waals surface area contributed by atoms with Gasteiger partial charge in [-0.1, -0.05) is 6.07 Å². The molecule has 0 aliphatic carbocycles. The van der Waals surface area contributed by atoms with Crippen molar-refractivity contribution in [2.75, 3.05) is 17.4 Å². The summed E-state index contributed by atoms with van der Waals surface area (Å²) in [7, 11) is 1.74. The number of nitrogens with one attached hydrogen (secondary N) is 3. The first-order chi connectivity index (χ1) is 13.9. The molecule has 2 aliphatic heterocycles. The lowest BCUT2D eigenvalue weighted by Gasteiger charge is -2.17. The first-order valence-corrected chi connectivity index (χ1v) is 8.41. The number of benzene rings is 2. The normalized spacial score (nSPS) is 16.7. The van der Waals surface area contributed by atoms with Crippen LogP contribution in [0.5, 0.6) is 11.5 Å². The summed E-state index contributed by atoms with van der Waals surface area (Å²) in [6.07, 6.45) is -2.13. The molecule has 10 nitrogen and oxygen atoms in total. The highest BCUT2D eigenvalue weighted by Crippen LogP contribution is 2.42. The van der Waals surface area contributed by atoms with Gasteiger partial charge >= 0.3 is 6.29 Å². The molecule has 2 aliphatic rings. The minimum Gasteiger partial charge on any atom is -0.395 e. The maximum atomic E-state index is 13.1. The monoisotopic (exact) mass is 401 g/mol. The molecule has 0 radical (unpaired) electrons.